The molecular formula is C13H19NO4S. The zero-order valence-electron chi connectivity index (χ0n) is 11.3. The Bertz CT molecular complexity index is 422. The van der Waals surface area contributed by atoms with Gasteiger partial charge in [0.2, 0.25) is 0 Å². The van der Waals surface area contributed by atoms with Crippen molar-refractivity contribution >= 4 is 23.4 Å². The molecule has 1 atom stereocenters. The minimum atomic E-state index is -0.947. The second-order valence-electron chi connectivity index (χ2n) is 5.22. The van der Waals surface area contributed by atoms with Crippen LogP contribution in [0.1, 0.15) is 32.1 Å². The monoisotopic (exact) mass is 285 g/mol. The summed E-state index contributed by atoms with van der Waals surface area (Å²) in [5.41, 5.74) is -0.596. The van der Waals surface area contributed by atoms with Crippen LogP contribution in [-0.4, -0.2) is 28.8 Å². The van der Waals surface area contributed by atoms with E-state index in [4.69, 9.17) is 9.84 Å². The van der Waals surface area contributed by atoms with Crippen LogP contribution in [0.15, 0.2) is 17.5 Å². The van der Waals surface area contributed by atoms with Gasteiger partial charge >= 0.3 is 12.1 Å². The molecule has 1 rings (SSSR count). The fourth-order valence-corrected chi connectivity index (χ4v) is 2.32. The van der Waals surface area contributed by atoms with Gasteiger partial charge in [-0.15, -0.1) is 11.3 Å². The summed E-state index contributed by atoms with van der Waals surface area (Å²) in [5.74, 6) is -0.947. The molecule has 1 unspecified atom stereocenters. The van der Waals surface area contributed by atoms with Gasteiger partial charge in [0.05, 0.1) is 6.42 Å². The van der Waals surface area contributed by atoms with Gasteiger partial charge in [0, 0.05) is 17.3 Å². The smallest absolute Gasteiger partial charge is 0.407 e. The summed E-state index contributed by atoms with van der Waals surface area (Å²) in [6, 6.07) is 3.34. The highest BCUT2D eigenvalue weighted by atomic mass is 32.1. The normalized spacial score (nSPS) is 12.8. The zero-order valence-corrected chi connectivity index (χ0v) is 12.1. The maximum absolute atomic E-state index is 11.7. The number of hydrogen-bond donors (Lipinski definition) is 2. The first kappa shape index (κ1) is 15.5. The second-order valence-corrected chi connectivity index (χ2v) is 6.26. The number of carbonyl (C=O) groups is 2. The van der Waals surface area contributed by atoms with Crippen molar-refractivity contribution in [1.29, 1.82) is 0 Å². The summed E-state index contributed by atoms with van der Waals surface area (Å²) in [5, 5.41) is 13.4. The Labute approximate surface area is 116 Å². The molecular weight excluding hydrogens is 266 g/mol. The predicted molar refractivity (Wildman–Crippen MR) is 73.4 cm³/mol. The number of nitrogens with one attached hydrogen (secondary N) is 1. The van der Waals surface area contributed by atoms with Gasteiger partial charge < -0.3 is 15.2 Å². The van der Waals surface area contributed by atoms with Crippen molar-refractivity contribution in [2.24, 2.45) is 0 Å². The number of amides is 1. The Balaban J connectivity index is 2.59. The molecule has 0 bridgehead atoms. The van der Waals surface area contributed by atoms with E-state index in [0.29, 0.717) is 6.42 Å². The Morgan fingerprint density at radius 1 is 1.47 bits per heavy atom. The number of ether oxygens (including phenoxy) is 1. The first-order chi connectivity index (χ1) is 8.76. The van der Waals surface area contributed by atoms with Crippen molar-refractivity contribution in [3.8, 4) is 0 Å². The summed E-state index contributed by atoms with van der Waals surface area (Å²) in [6.45, 7) is 5.29. The van der Waals surface area contributed by atoms with E-state index < -0.39 is 23.7 Å². The SMILES string of the molecule is CC(C)(C)OC(=O)NC(CC(=O)O)Cc1cccs1. The summed E-state index contributed by atoms with van der Waals surface area (Å²) >= 11 is 1.53. The third-order valence-electron chi connectivity index (χ3n) is 2.17. The Kier molecular flexibility index (Phi) is 5.35. The maximum Gasteiger partial charge on any atom is 0.407 e. The first-order valence-electron chi connectivity index (χ1n) is 6.00. The Morgan fingerprint density at radius 3 is 2.63 bits per heavy atom. The van der Waals surface area contributed by atoms with Gasteiger partial charge in [-0.25, -0.2) is 4.79 Å². The van der Waals surface area contributed by atoms with E-state index in [2.05, 4.69) is 5.32 Å². The van der Waals surface area contributed by atoms with Gasteiger partial charge in [0.15, 0.2) is 0 Å². The number of carboxylic acids is 1. The van der Waals surface area contributed by atoms with Crippen LogP contribution in [-0.2, 0) is 16.0 Å². The van der Waals surface area contributed by atoms with Crippen molar-refractivity contribution in [3.05, 3.63) is 22.4 Å². The highest BCUT2D eigenvalue weighted by Crippen LogP contribution is 2.14. The molecule has 0 fully saturated rings. The first-order valence-corrected chi connectivity index (χ1v) is 6.88. The lowest BCUT2D eigenvalue weighted by molar-refractivity contribution is -0.137. The molecule has 0 aliphatic carbocycles. The van der Waals surface area contributed by atoms with Gasteiger partial charge in [-0.2, -0.15) is 0 Å². The van der Waals surface area contributed by atoms with Crippen LogP contribution in [0.3, 0.4) is 0 Å². The van der Waals surface area contributed by atoms with Crippen LogP contribution in [0.4, 0.5) is 4.79 Å². The average Bonchev–Trinajstić information content (AvgIpc) is 2.65. The summed E-state index contributed by atoms with van der Waals surface area (Å²) in [6.07, 6.45) is -0.226. The van der Waals surface area contributed by atoms with E-state index in [1.54, 1.807) is 20.8 Å². The molecule has 106 valence electrons. The van der Waals surface area contributed by atoms with E-state index in [-0.39, 0.29) is 6.42 Å². The standard InChI is InChI=1S/C13H19NO4S/c1-13(2,3)18-12(17)14-9(8-11(15)16)7-10-5-4-6-19-10/h4-6,9H,7-8H2,1-3H3,(H,14,17)(H,15,16). The molecule has 19 heavy (non-hydrogen) atoms. The molecule has 1 aromatic heterocycles. The van der Waals surface area contributed by atoms with Crippen molar-refractivity contribution in [1.82, 2.24) is 5.32 Å². The highest BCUT2D eigenvalue weighted by molar-refractivity contribution is 7.09. The second kappa shape index (κ2) is 6.56. The number of carboxylic acid groups (broad SMARTS) is 1. The molecule has 0 saturated carbocycles. The minimum absolute atomic E-state index is 0.128. The lowest BCUT2D eigenvalue weighted by Crippen LogP contribution is -2.41. The Hall–Kier alpha value is -1.56. The summed E-state index contributed by atoms with van der Waals surface area (Å²) in [7, 11) is 0. The molecule has 0 radical (unpaired) electrons. The molecule has 0 spiro atoms. The third kappa shape index (κ3) is 6.81. The van der Waals surface area contributed by atoms with Crippen molar-refractivity contribution in [2.45, 2.75) is 45.3 Å². The van der Waals surface area contributed by atoms with Crippen LogP contribution in [0, 0.1) is 0 Å². The van der Waals surface area contributed by atoms with Gasteiger partial charge in [0.1, 0.15) is 5.60 Å². The molecule has 0 aliphatic rings. The lowest BCUT2D eigenvalue weighted by Gasteiger charge is -2.22. The number of alkyl carbamates (subject to hydrolysis) is 1. The largest absolute Gasteiger partial charge is 0.481 e. The molecule has 1 amide bonds. The summed E-state index contributed by atoms with van der Waals surface area (Å²) < 4.78 is 5.13. The number of aliphatic carboxylic acids is 1. The van der Waals surface area contributed by atoms with Gasteiger partial charge in [-0.1, -0.05) is 6.07 Å². The lowest BCUT2D eigenvalue weighted by atomic mass is 10.1. The minimum Gasteiger partial charge on any atom is -0.481 e. The third-order valence-corrected chi connectivity index (χ3v) is 3.07. The van der Waals surface area contributed by atoms with Gasteiger partial charge in [0.25, 0.3) is 0 Å². The Morgan fingerprint density at radius 2 is 2.16 bits per heavy atom. The summed E-state index contributed by atoms with van der Waals surface area (Å²) in [4.78, 5) is 23.5. The molecule has 0 aliphatic heterocycles. The van der Waals surface area contributed by atoms with E-state index in [0.717, 1.165) is 4.88 Å². The molecule has 1 aromatic rings. The van der Waals surface area contributed by atoms with E-state index in [9.17, 15) is 9.59 Å². The van der Waals surface area contributed by atoms with Crippen LogP contribution in [0.5, 0.6) is 0 Å². The quantitative estimate of drug-likeness (QED) is 0.872. The molecule has 0 aromatic carbocycles. The van der Waals surface area contributed by atoms with Crippen LogP contribution in [0.25, 0.3) is 0 Å². The van der Waals surface area contributed by atoms with E-state index >= 15 is 0 Å². The number of hydrogen-bond acceptors (Lipinski definition) is 4. The van der Waals surface area contributed by atoms with Gasteiger partial charge in [-0.05, 0) is 32.2 Å². The fraction of sp³-hybridized carbons (Fsp3) is 0.538. The number of carbonyl (C=O) groups excluding carboxylic acids is 1. The molecule has 2 N–H and O–H groups in total. The van der Waals surface area contributed by atoms with E-state index in [1.807, 2.05) is 17.5 Å². The molecule has 6 heteroatoms. The van der Waals surface area contributed by atoms with Crippen LogP contribution < -0.4 is 5.32 Å². The van der Waals surface area contributed by atoms with Crippen molar-refractivity contribution in [3.63, 3.8) is 0 Å². The number of thiophene rings is 1. The molecule has 0 saturated heterocycles. The molecule has 5 nitrogen and oxygen atoms in total. The topological polar surface area (TPSA) is 75.6 Å². The van der Waals surface area contributed by atoms with E-state index in [1.165, 1.54) is 11.3 Å². The van der Waals surface area contributed by atoms with Crippen LogP contribution in [0.2, 0.25) is 0 Å². The predicted octanol–water partition coefficient (Wildman–Crippen LogP) is 2.66. The fourth-order valence-electron chi connectivity index (χ4n) is 1.53. The maximum atomic E-state index is 11.7. The number of rotatable bonds is 5. The average molecular weight is 285 g/mol. The van der Waals surface area contributed by atoms with Crippen molar-refractivity contribution in [2.75, 3.05) is 0 Å². The van der Waals surface area contributed by atoms with Crippen molar-refractivity contribution < 1.29 is 19.4 Å². The zero-order chi connectivity index (χ0) is 14.5. The van der Waals surface area contributed by atoms with Gasteiger partial charge in [-0.3, -0.25) is 4.79 Å². The highest BCUT2D eigenvalue weighted by Gasteiger charge is 2.21. The molecule has 1 heterocycles. The van der Waals surface area contributed by atoms with Crippen LogP contribution >= 0.6 is 11.3 Å².